The second-order valence-corrected chi connectivity index (χ2v) is 5.62. The zero-order valence-electron chi connectivity index (χ0n) is 13.4. The topological polar surface area (TPSA) is 50.4 Å². The van der Waals surface area contributed by atoms with E-state index in [0.29, 0.717) is 12.2 Å². The molecule has 3 rings (SSSR count). The van der Waals surface area contributed by atoms with Crippen molar-refractivity contribution in [3.63, 3.8) is 0 Å². The number of hydrogen-bond donors (Lipinski definition) is 2. The Hall–Kier alpha value is -2.82. The zero-order valence-corrected chi connectivity index (χ0v) is 13.4. The molecule has 2 aromatic rings. The number of carbonyl (C=O) groups excluding carboxylic acids is 1. The lowest BCUT2D eigenvalue weighted by atomic mass is 10.1. The van der Waals surface area contributed by atoms with Gasteiger partial charge in [-0.25, -0.2) is 4.39 Å². The second-order valence-electron chi connectivity index (χ2n) is 5.62. The molecule has 24 heavy (non-hydrogen) atoms. The Balaban J connectivity index is 1.65. The number of carbonyl (C=O) groups is 1. The smallest absolute Gasteiger partial charge is 0.244 e. The second kappa shape index (κ2) is 7.17. The Morgan fingerprint density at radius 1 is 1.33 bits per heavy atom. The van der Waals surface area contributed by atoms with Crippen LogP contribution in [-0.4, -0.2) is 19.1 Å². The highest BCUT2D eigenvalue weighted by Crippen LogP contribution is 2.30. The van der Waals surface area contributed by atoms with E-state index in [-0.39, 0.29) is 17.8 Å². The molecule has 1 aliphatic heterocycles. The fourth-order valence-electron chi connectivity index (χ4n) is 2.55. The van der Waals surface area contributed by atoms with Crippen LogP contribution >= 0.6 is 0 Å². The molecule has 124 valence electrons. The Bertz CT molecular complexity index is 774. The number of amides is 1. The van der Waals surface area contributed by atoms with Gasteiger partial charge in [0.15, 0.2) is 0 Å². The lowest BCUT2D eigenvalue weighted by Gasteiger charge is -2.21. The summed E-state index contributed by atoms with van der Waals surface area (Å²) in [5.74, 6) is 0.200. The molecule has 1 atom stereocenters. The lowest BCUT2D eigenvalue weighted by Crippen LogP contribution is -2.25. The van der Waals surface area contributed by atoms with Gasteiger partial charge in [-0.2, -0.15) is 0 Å². The van der Waals surface area contributed by atoms with Crippen LogP contribution in [0.5, 0.6) is 5.75 Å². The number of ether oxygens (including phenoxy) is 1. The van der Waals surface area contributed by atoms with Crippen molar-refractivity contribution in [3.05, 3.63) is 65.5 Å². The highest BCUT2D eigenvalue weighted by Gasteiger charge is 2.13. The van der Waals surface area contributed by atoms with E-state index in [0.717, 1.165) is 23.5 Å². The number of halogens is 1. The van der Waals surface area contributed by atoms with E-state index in [9.17, 15) is 9.18 Å². The molecule has 4 nitrogen and oxygen atoms in total. The van der Waals surface area contributed by atoms with Gasteiger partial charge >= 0.3 is 0 Å². The number of fused-ring (bicyclic) bond motifs is 1. The summed E-state index contributed by atoms with van der Waals surface area (Å²) in [4.78, 5) is 12.0. The van der Waals surface area contributed by atoms with Crippen LogP contribution < -0.4 is 15.4 Å². The fraction of sp³-hybridized carbons (Fsp3) is 0.211. The van der Waals surface area contributed by atoms with Crippen LogP contribution in [0.15, 0.2) is 48.5 Å². The van der Waals surface area contributed by atoms with Gasteiger partial charge in [-0.15, -0.1) is 0 Å². The first-order chi connectivity index (χ1) is 11.6. The third-order valence-electron chi connectivity index (χ3n) is 3.86. The molecule has 2 N–H and O–H groups in total. The molecule has 1 amide bonds. The SMILES string of the molecule is CC(NC(=O)C=Cc1ccccc1F)c1ccc2c(c1)NCCO2. The minimum absolute atomic E-state index is 0.170. The summed E-state index contributed by atoms with van der Waals surface area (Å²) in [6, 6.07) is 12.0. The monoisotopic (exact) mass is 326 g/mol. The summed E-state index contributed by atoms with van der Waals surface area (Å²) in [7, 11) is 0. The molecule has 0 aromatic heterocycles. The third kappa shape index (κ3) is 3.74. The Morgan fingerprint density at radius 3 is 3.00 bits per heavy atom. The van der Waals surface area contributed by atoms with Crippen LogP contribution in [0, 0.1) is 5.82 Å². The van der Waals surface area contributed by atoms with Gasteiger partial charge in [-0.05, 0) is 36.8 Å². The number of benzene rings is 2. The van der Waals surface area contributed by atoms with Crippen molar-refractivity contribution in [2.45, 2.75) is 13.0 Å². The third-order valence-corrected chi connectivity index (χ3v) is 3.86. The average Bonchev–Trinajstić information content (AvgIpc) is 2.60. The van der Waals surface area contributed by atoms with Gasteiger partial charge in [-0.3, -0.25) is 4.79 Å². The van der Waals surface area contributed by atoms with Gasteiger partial charge in [0, 0.05) is 18.2 Å². The minimum atomic E-state index is -0.352. The summed E-state index contributed by atoms with van der Waals surface area (Å²) in [6.45, 7) is 3.32. The molecule has 0 saturated carbocycles. The summed E-state index contributed by atoms with van der Waals surface area (Å²) in [6.07, 6.45) is 2.81. The van der Waals surface area contributed by atoms with E-state index in [4.69, 9.17) is 4.74 Å². The first kappa shape index (κ1) is 16.1. The fourth-order valence-corrected chi connectivity index (χ4v) is 2.55. The summed E-state index contributed by atoms with van der Waals surface area (Å²) < 4.78 is 19.1. The van der Waals surface area contributed by atoms with Crippen LogP contribution in [0.4, 0.5) is 10.1 Å². The van der Waals surface area contributed by atoms with Gasteiger partial charge in [0.05, 0.1) is 11.7 Å². The van der Waals surface area contributed by atoms with E-state index >= 15 is 0 Å². The van der Waals surface area contributed by atoms with E-state index in [1.165, 1.54) is 18.2 Å². The number of anilines is 1. The van der Waals surface area contributed by atoms with Crippen LogP contribution in [0.2, 0.25) is 0 Å². The normalized spacial score (nSPS) is 14.4. The first-order valence-electron chi connectivity index (χ1n) is 7.87. The van der Waals surface area contributed by atoms with Gasteiger partial charge in [-0.1, -0.05) is 24.3 Å². The molecule has 0 spiro atoms. The maximum atomic E-state index is 13.5. The maximum absolute atomic E-state index is 13.5. The molecular weight excluding hydrogens is 307 g/mol. The summed E-state index contributed by atoms with van der Waals surface area (Å²) in [5, 5.41) is 6.15. The Morgan fingerprint density at radius 2 is 2.17 bits per heavy atom. The largest absolute Gasteiger partial charge is 0.490 e. The average molecular weight is 326 g/mol. The van der Waals surface area contributed by atoms with Gasteiger partial charge in [0.25, 0.3) is 0 Å². The lowest BCUT2D eigenvalue weighted by molar-refractivity contribution is -0.117. The zero-order chi connectivity index (χ0) is 16.9. The van der Waals surface area contributed by atoms with Crippen LogP contribution in [0.3, 0.4) is 0 Å². The minimum Gasteiger partial charge on any atom is -0.490 e. The van der Waals surface area contributed by atoms with E-state index in [2.05, 4.69) is 10.6 Å². The van der Waals surface area contributed by atoms with Crippen molar-refractivity contribution < 1.29 is 13.9 Å². The molecule has 1 aliphatic rings. The van der Waals surface area contributed by atoms with Crippen molar-refractivity contribution in [3.8, 4) is 5.75 Å². The summed E-state index contributed by atoms with van der Waals surface area (Å²) >= 11 is 0. The van der Waals surface area contributed by atoms with Crippen LogP contribution in [0.1, 0.15) is 24.1 Å². The first-order valence-corrected chi connectivity index (χ1v) is 7.87. The van der Waals surface area contributed by atoms with Crippen molar-refractivity contribution in [1.29, 1.82) is 0 Å². The standard InChI is InChI=1S/C19H19FN2O2/c1-13(15-6-8-18-17(12-15)21-10-11-24-18)22-19(23)9-7-14-4-2-3-5-16(14)20/h2-9,12-13,21H,10-11H2,1H3,(H,22,23). The van der Waals surface area contributed by atoms with Gasteiger partial charge < -0.3 is 15.4 Å². The molecular formula is C19H19FN2O2. The molecule has 0 bridgehead atoms. The van der Waals surface area contributed by atoms with E-state index < -0.39 is 0 Å². The molecule has 2 aromatic carbocycles. The van der Waals surface area contributed by atoms with Crippen LogP contribution in [-0.2, 0) is 4.79 Å². The van der Waals surface area contributed by atoms with E-state index in [1.54, 1.807) is 18.2 Å². The predicted octanol–water partition coefficient (Wildman–Crippen LogP) is 3.52. The summed E-state index contributed by atoms with van der Waals surface area (Å²) in [5.41, 5.74) is 2.29. The molecule has 5 heteroatoms. The number of nitrogens with one attached hydrogen (secondary N) is 2. The van der Waals surface area contributed by atoms with Crippen molar-refractivity contribution in [2.75, 3.05) is 18.5 Å². The molecule has 1 heterocycles. The quantitative estimate of drug-likeness (QED) is 0.845. The predicted molar refractivity (Wildman–Crippen MR) is 92.4 cm³/mol. The molecule has 0 radical (unpaired) electrons. The Kier molecular flexibility index (Phi) is 4.79. The van der Waals surface area contributed by atoms with Crippen molar-refractivity contribution in [2.24, 2.45) is 0 Å². The van der Waals surface area contributed by atoms with Crippen LogP contribution in [0.25, 0.3) is 6.08 Å². The maximum Gasteiger partial charge on any atom is 0.244 e. The van der Waals surface area contributed by atoms with Gasteiger partial charge in [0.2, 0.25) is 5.91 Å². The highest BCUT2D eigenvalue weighted by atomic mass is 19.1. The highest BCUT2D eigenvalue weighted by molar-refractivity contribution is 5.92. The van der Waals surface area contributed by atoms with Gasteiger partial charge in [0.1, 0.15) is 18.2 Å². The number of hydrogen-bond acceptors (Lipinski definition) is 3. The molecule has 0 aliphatic carbocycles. The molecule has 0 saturated heterocycles. The number of rotatable bonds is 4. The Labute approximate surface area is 140 Å². The molecule has 1 unspecified atom stereocenters. The van der Waals surface area contributed by atoms with Crippen molar-refractivity contribution in [1.82, 2.24) is 5.32 Å². The molecule has 0 fully saturated rings. The van der Waals surface area contributed by atoms with E-state index in [1.807, 2.05) is 25.1 Å². The van der Waals surface area contributed by atoms with Crippen molar-refractivity contribution >= 4 is 17.7 Å².